The normalized spacial score (nSPS) is 37.4. The summed E-state index contributed by atoms with van der Waals surface area (Å²) in [6, 6.07) is 9.27. The molecule has 4 rings (SSSR count). The van der Waals surface area contributed by atoms with Gasteiger partial charge in [0.05, 0.1) is 0 Å². The predicted molar refractivity (Wildman–Crippen MR) is 70.9 cm³/mol. The van der Waals surface area contributed by atoms with Crippen LogP contribution in [0.3, 0.4) is 0 Å². The molecule has 1 aromatic rings. The van der Waals surface area contributed by atoms with Crippen molar-refractivity contribution in [1.82, 2.24) is 0 Å². The molecule has 3 aliphatic rings. The van der Waals surface area contributed by atoms with E-state index in [1.807, 2.05) is 0 Å². The fraction of sp³-hybridized carbons (Fsp3) is 0.412. The number of hydrogen-bond acceptors (Lipinski definition) is 0. The van der Waals surface area contributed by atoms with Gasteiger partial charge in [0.15, 0.2) is 0 Å². The van der Waals surface area contributed by atoms with Crippen LogP contribution in [0.4, 0.5) is 0 Å². The lowest BCUT2D eigenvalue weighted by atomic mass is 9.83. The van der Waals surface area contributed by atoms with Crippen LogP contribution in [0, 0.1) is 17.8 Å². The van der Waals surface area contributed by atoms with Crippen LogP contribution in [-0.2, 0) is 6.42 Å². The molecule has 0 radical (unpaired) electrons. The number of fused-ring (bicyclic) bond motifs is 8. The molecule has 0 heteroatoms. The summed E-state index contributed by atoms with van der Waals surface area (Å²) in [5.41, 5.74) is 3.05. The van der Waals surface area contributed by atoms with Crippen LogP contribution >= 0.6 is 0 Å². The molecule has 0 aliphatic heterocycles. The summed E-state index contributed by atoms with van der Waals surface area (Å²) in [7, 11) is 0. The Labute approximate surface area is 103 Å². The van der Waals surface area contributed by atoms with Crippen molar-refractivity contribution >= 4 is 0 Å². The Morgan fingerprint density at radius 1 is 0.882 bits per heavy atom. The fourth-order valence-corrected chi connectivity index (χ4v) is 3.82. The molecule has 0 saturated heterocycles. The van der Waals surface area contributed by atoms with Gasteiger partial charge in [-0.15, -0.1) is 0 Å². The summed E-state index contributed by atoms with van der Waals surface area (Å²) in [6.07, 6.45) is 13.8. The molecule has 0 saturated carbocycles. The summed E-state index contributed by atoms with van der Waals surface area (Å²) in [5.74, 6) is 3.06. The van der Waals surface area contributed by atoms with Crippen molar-refractivity contribution in [2.24, 2.45) is 17.8 Å². The maximum Gasteiger partial charge on any atom is 0.00239 e. The van der Waals surface area contributed by atoms with Crippen molar-refractivity contribution in [3.05, 3.63) is 59.7 Å². The van der Waals surface area contributed by atoms with E-state index in [1.165, 1.54) is 30.4 Å². The van der Waals surface area contributed by atoms with Gasteiger partial charge in [0, 0.05) is 5.92 Å². The van der Waals surface area contributed by atoms with E-state index in [4.69, 9.17) is 0 Å². The van der Waals surface area contributed by atoms with Crippen molar-refractivity contribution in [1.29, 1.82) is 0 Å². The maximum atomic E-state index is 2.48. The van der Waals surface area contributed by atoms with Gasteiger partial charge >= 0.3 is 0 Å². The molecule has 0 N–H and O–H groups in total. The predicted octanol–water partition coefficient (Wildman–Crippen LogP) is 4.09. The van der Waals surface area contributed by atoms with Crippen molar-refractivity contribution in [3.63, 3.8) is 0 Å². The van der Waals surface area contributed by atoms with Crippen molar-refractivity contribution in [2.75, 3.05) is 0 Å². The molecule has 17 heavy (non-hydrogen) atoms. The topological polar surface area (TPSA) is 0 Å². The second-order valence-electron chi connectivity index (χ2n) is 5.88. The Morgan fingerprint density at radius 3 is 2.76 bits per heavy atom. The number of benzene rings is 1. The quantitative estimate of drug-likeness (QED) is 0.580. The smallest absolute Gasteiger partial charge is 0.00239 e. The third-order valence-electron chi connectivity index (χ3n) is 4.75. The Morgan fingerprint density at radius 2 is 1.76 bits per heavy atom. The van der Waals surface area contributed by atoms with Crippen LogP contribution in [0.2, 0.25) is 0 Å². The largest absolute Gasteiger partial charge is 0.0848 e. The first-order chi connectivity index (χ1) is 8.38. The van der Waals surface area contributed by atoms with Gasteiger partial charge in [-0.25, -0.2) is 0 Å². The first-order valence-corrected chi connectivity index (χ1v) is 6.84. The molecule has 0 unspecified atom stereocenters. The first-order valence-electron chi connectivity index (χ1n) is 6.84. The summed E-state index contributed by atoms with van der Waals surface area (Å²) in [5, 5.41) is 0. The number of allylic oxidation sites excluding steroid dienone is 4. The van der Waals surface area contributed by atoms with Crippen LogP contribution in [0.5, 0.6) is 0 Å². The third-order valence-corrected chi connectivity index (χ3v) is 4.75. The van der Waals surface area contributed by atoms with E-state index in [1.54, 1.807) is 0 Å². The van der Waals surface area contributed by atoms with E-state index < -0.39 is 0 Å². The van der Waals surface area contributed by atoms with Gasteiger partial charge in [0.25, 0.3) is 0 Å². The monoisotopic (exact) mass is 222 g/mol. The Hall–Kier alpha value is -1.30. The second-order valence-corrected chi connectivity index (χ2v) is 5.88. The van der Waals surface area contributed by atoms with Gasteiger partial charge < -0.3 is 0 Å². The van der Waals surface area contributed by atoms with E-state index in [2.05, 4.69) is 48.6 Å². The summed E-state index contributed by atoms with van der Waals surface area (Å²) in [4.78, 5) is 0. The summed E-state index contributed by atoms with van der Waals surface area (Å²) >= 11 is 0. The average Bonchev–Trinajstić information content (AvgIpc) is 2.96. The molecule has 0 aromatic heterocycles. The molecule has 6 bridgehead atoms. The van der Waals surface area contributed by atoms with Crippen LogP contribution in [0.25, 0.3) is 0 Å². The van der Waals surface area contributed by atoms with E-state index in [-0.39, 0.29) is 0 Å². The Bertz CT molecular complexity index is 495. The molecule has 1 aromatic carbocycles. The van der Waals surface area contributed by atoms with Gasteiger partial charge in [-0.3, -0.25) is 0 Å². The highest BCUT2D eigenvalue weighted by Crippen LogP contribution is 2.42. The highest BCUT2D eigenvalue weighted by molar-refractivity contribution is 5.33. The van der Waals surface area contributed by atoms with E-state index in [9.17, 15) is 0 Å². The number of hydrogen-bond donors (Lipinski definition) is 0. The van der Waals surface area contributed by atoms with Crippen molar-refractivity contribution in [3.8, 4) is 0 Å². The second kappa shape index (κ2) is 3.60. The molecular formula is C17H18. The van der Waals surface area contributed by atoms with Crippen LogP contribution < -0.4 is 0 Å². The average molecular weight is 222 g/mol. The first kappa shape index (κ1) is 9.70. The Balaban J connectivity index is 1.81. The lowest BCUT2D eigenvalue weighted by molar-refractivity contribution is 0.404. The minimum absolute atomic E-state index is 0.672. The van der Waals surface area contributed by atoms with Gasteiger partial charge in [-0.1, -0.05) is 48.6 Å². The van der Waals surface area contributed by atoms with Crippen molar-refractivity contribution < 1.29 is 0 Å². The van der Waals surface area contributed by atoms with Crippen LogP contribution in [0.15, 0.2) is 48.6 Å². The van der Waals surface area contributed by atoms with E-state index in [0.29, 0.717) is 5.92 Å². The van der Waals surface area contributed by atoms with Gasteiger partial charge in [-0.2, -0.15) is 0 Å². The molecule has 3 aliphatic carbocycles. The van der Waals surface area contributed by atoms with Crippen molar-refractivity contribution in [2.45, 2.75) is 25.2 Å². The lowest BCUT2D eigenvalue weighted by Gasteiger charge is -2.21. The van der Waals surface area contributed by atoms with Crippen LogP contribution in [-0.4, -0.2) is 0 Å². The highest BCUT2D eigenvalue weighted by atomic mass is 14.4. The molecule has 86 valence electrons. The van der Waals surface area contributed by atoms with Crippen LogP contribution in [0.1, 0.15) is 29.9 Å². The molecule has 0 nitrogen and oxygen atoms in total. The summed E-state index contributed by atoms with van der Waals surface area (Å²) < 4.78 is 0. The van der Waals surface area contributed by atoms with E-state index >= 15 is 0 Å². The molecule has 0 heterocycles. The Kier molecular flexibility index (Phi) is 2.05. The zero-order valence-corrected chi connectivity index (χ0v) is 10.0. The molecule has 0 amide bonds. The SMILES string of the molecule is C1=C[C@@H]2C[C@H]1Cc1cccc(c1)[C@H]1C=C[C@@H]2C1. The fourth-order valence-electron chi connectivity index (χ4n) is 3.82. The standard InChI is InChI=1S/C17H18/c1-2-12-8-13-4-5-15(10-13)17-7-6-16(11-17)14(3-1)9-12/h1-7,9,13,15-17H,8,10-11H2/t13-,15-,16+,17-/m1/s1. The third kappa shape index (κ3) is 1.58. The zero-order chi connectivity index (χ0) is 11.2. The highest BCUT2D eigenvalue weighted by Gasteiger charge is 2.31. The number of rotatable bonds is 0. The summed E-state index contributed by atoms with van der Waals surface area (Å²) in [6.45, 7) is 0. The molecule has 4 atom stereocenters. The molecule has 0 fully saturated rings. The maximum absolute atomic E-state index is 2.48. The van der Waals surface area contributed by atoms with Gasteiger partial charge in [0.2, 0.25) is 0 Å². The lowest BCUT2D eigenvalue weighted by Crippen LogP contribution is -2.12. The van der Waals surface area contributed by atoms with E-state index in [0.717, 1.165) is 17.8 Å². The van der Waals surface area contributed by atoms with Gasteiger partial charge in [0.1, 0.15) is 0 Å². The molecular weight excluding hydrogens is 204 g/mol. The molecule has 0 spiro atoms. The zero-order valence-electron chi connectivity index (χ0n) is 10.0. The minimum atomic E-state index is 0.672. The van der Waals surface area contributed by atoms with Gasteiger partial charge in [-0.05, 0) is 48.1 Å². The minimum Gasteiger partial charge on any atom is -0.0848 e.